The summed E-state index contributed by atoms with van der Waals surface area (Å²) in [7, 11) is -1.17. The fourth-order valence-electron chi connectivity index (χ4n) is 3.19. The predicted octanol–water partition coefficient (Wildman–Crippen LogP) is 4.56. The van der Waals surface area contributed by atoms with Gasteiger partial charge in [-0.2, -0.15) is 0 Å². The molecule has 140 valence electrons. The highest BCUT2D eigenvalue weighted by Crippen LogP contribution is 2.49. The highest BCUT2D eigenvalue weighted by atomic mass is 19.1. The van der Waals surface area contributed by atoms with E-state index in [1.54, 1.807) is 12.1 Å². The van der Waals surface area contributed by atoms with E-state index >= 15 is 4.39 Å². The lowest BCUT2D eigenvalue weighted by Gasteiger charge is -2.32. The number of phenolic OH excluding ortho intramolecular Hbond substituents is 2. The maximum absolute atomic E-state index is 15.7. The van der Waals surface area contributed by atoms with Crippen LogP contribution in [0, 0.1) is 0 Å². The smallest absolute Gasteiger partial charge is 0.508 e. The lowest BCUT2D eigenvalue weighted by molar-refractivity contribution is 0.00578. The molecule has 0 aromatic heterocycles. The number of benzene rings is 2. The van der Waals surface area contributed by atoms with Gasteiger partial charge in [0.1, 0.15) is 28.7 Å². The van der Waals surface area contributed by atoms with Crippen LogP contribution in [-0.4, -0.2) is 28.5 Å². The zero-order valence-corrected chi connectivity index (χ0v) is 15.5. The summed E-state index contributed by atoms with van der Waals surface area (Å²) >= 11 is 0. The normalized spacial score (nSPS) is 19.3. The lowest BCUT2D eigenvalue weighted by atomic mass is 9.79. The molecule has 1 saturated heterocycles. The molecular weight excluding hydrogens is 350 g/mol. The molecule has 1 fully saturated rings. The van der Waals surface area contributed by atoms with Crippen LogP contribution >= 0.6 is 0 Å². The van der Waals surface area contributed by atoms with Gasteiger partial charge in [0.05, 0.1) is 11.2 Å². The molecule has 5 nitrogen and oxygen atoms in total. The van der Waals surface area contributed by atoms with Crippen molar-refractivity contribution in [3.63, 3.8) is 0 Å². The molecule has 2 aliphatic rings. The van der Waals surface area contributed by atoms with Gasteiger partial charge in [0.15, 0.2) is 0 Å². The molecule has 27 heavy (non-hydrogen) atoms. The number of phenols is 2. The molecule has 0 unspecified atom stereocenters. The van der Waals surface area contributed by atoms with E-state index < -0.39 is 24.0 Å². The van der Waals surface area contributed by atoms with E-state index in [4.69, 9.17) is 14.0 Å². The average molecular weight is 370 g/mol. The van der Waals surface area contributed by atoms with Gasteiger partial charge in [-0.1, -0.05) is 0 Å². The Morgan fingerprint density at radius 1 is 0.852 bits per heavy atom. The van der Waals surface area contributed by atoms with Gasteiger partial charge in [-0.15, -0.1) is 0 Å². The fourth-order valence-corrected chi connectivity index (χ4v) is 3.19. The molecule has 2 aliphatic heterocycles. The van der Waals surface area contributed by atoms with Gasteiger partial charge < -0.3 is 24.3 Å². The van der Waals surface area contributed by atoms with Crippen molar-refractivity contribution >= 4 is 12.7 Å². The number of aromatic hydroxyl groups is 2. The van der Waals surface area contributed by atoms with Crippen LogP contribution < -0.4 is 4.74 Å². The highest BCUT2D eigenvalue weighted by molar-refractivity contribution is 6.55. The van der Waals surface area contributed by atoms with E-state index in [1.165, 1.54) is 24.3 Å². The molecule has 0 aliphatic carbocycles. The molecule has 2 heterocycles. The second-order valence-corrected chi connectivity index (χ2v) is 7.77. The van der Waals surface area contributed by atoms with Gasteiger partial charge in [-0.05, 0) is 52.0 Å². The van der Waals surface area contributed by atoms with Crippen LogP contribution in [0.3, 0.4) is 0 Å². The minimum absolute atomic E-state index is 0.00672. The van der Waals surface area contributed by atoms with Gasteiger partial charge in [-0.25, -0.2) is 4.39 Å². The van der Waals surface area contributed by atoms with Gasteiger partial charge in [-0.3, -0.25) is 0 Å². The third kappa shape index (κ3) is 2.78. The topological polar surface area (TPSA) is 68.2 Å². The first kappa shape index (κ1) is 17.9. The van der Waals surface area contributed by atoms with Gasteiger partial charge >= 0.3 is 7.12 Å². The Bertz CT molecular complexity index is 897. The van der Waals surface area contributed by atoms with Crippen molar-refractivity contribution in [2.75, 3.05) is 0 Å². The Morgan fingerprint density at radius 2 is 1.30 bits per heavy atom. The third-order valence-electron chi connectivity index (χ3n) is 5.39. The Kier molecular flexibility index (Phi) is 3.81. The number of hydrogen-bond acceptors (Lipinski definition) is 5. The largest absolute Gasteiger partial charge is 0.525 e. The molecule has 2 N–H and O–H groups in total. The van der Waals surface area contributed by atoms with Crippen LogP contribution in [-0.2, 0) is 9.31 Å². The molecule has 4 rings (SSSR count). The monoisotopic (exact) mass is 370 g/mol. The number of ether oxygens (including phenoxy) is 1. The number of fused-ring (bicyclic) bond motifs is 2. The molecule has 0 radical (unpaired) electrons. The van der Waals surface area contributed by atoms with Crippen molar-refractivity contribution in [1.29, 1.82) is 0 Å². The Morgan fingerprint density at radius 3 is 1.74 bits per heavy atom. The first-order valence-corrected chi connectivity index (χ1v) is 8.69. The van der Waals surface area contributed by atoms with E-state index in [9.17, 15) is 10.2 Å². The van der Waals surface area contributed by atoms with Crippen LogP contribution in [0.4, 0.5) is 4.39 Å². The maximum Gasteiger partial charge on any atom is 0.525 e. The number of halogens is 1. The molecular formula is C20H20BFO5. The fraction of sp³-hybridized carbons (Fsp3) is 0.300. The quantitative estimate of drug-likeness (QED) is 0.615. The second kappa shape index (κ2) is 5.74. The zero-order chi connectivity index (χ0) is 19.6. The maximum atomic E-state index is 15.7. The van der Waals surface area contributed by atoms with Gasteiger partial charge in [0, 0.05) is 28.8 Å². The Balaban J connectivity index is 1.91. The summed E-state index contributed by atoms with van der Waals surface area (Å²) in [6.45, 7) is 7.42. The highest BCUT2D eigenvalue weighted by Gasteiger charge is 2.54. The summed E-state index contributed by atoms with van der Waals surface area (Å²) in [5, 5.41) is 19.6. The summed E-state index contributed by atoms with van der Waals surface area (Å²) in [5.74, 6) is 0.560. The summed E-state index contributed by atoms with van der Waals surface area (Å²) in [6.07, 6.45) is 0. The SMILES string of the molecule is CC1(C)OB(C(F)=C2c3ccc(O)cc3Oc3cc(O)ccc32)OC1(C)C. The van der Waals surface area contributed by atoms with Crippen molar-refractivity contribution in [1.82, 2.24) is 0 Å². The van der Waals surface area contributed by atoms with E-state index in [2.05, 4.69) is 0 Å². The lowest BCUT2D eigenvalue weighted by Crippen LogP contribution is -2.41. The van der Waals surface area contributed by atoms with Crippen molar-refractivity contribution in [2.45, 2.75) is 38.9 Å². The minimum atomic E-state index is -1.17. The minimum Gasteiger partial charge on any atom is -0.508 e. The van der Waals surface area contributed by atoms with E-state index in [0.29, 0.717) is 11.1 Å². The number of hydrogen-bond donors (Lipinski definition) is 2. The standard InChI is InChI=1S/C20H20BFO5/c1-19(2)20(3,4)27-21(26-19)18(22)17-13-7-5-11(23)9-15(13)25-16-10-12(24)6-8-14(16)17/h5-10,23-24H,1-4H3. The van der Waals surface area contributed by atoms with Crippen LogP contribution in [0.15, 0.2) is 42.1 Å². The number of rotatable bonds is 1. The van der Waals surface area contributed by atoms with Crippen molar-refractivity contribution in [2.24, 2.45) is 0 Å². The molecule has 0 saturated carbocycles. The van der Waals surface area contributed by atoms with Crippen molar-refractivity contribution in [3.05, 3.63) is 53.3 Å². The van der Waals surface area contributed by atoms with E-state index in [1.807, 2.05) is 27.7 Å². The summed E-state index contributed by atoms with van der Waals surface area (Å²) in [5.41, 5.74) is -0.760. The van der Waals surface area contributed by atoms with Crippen LogP contribution in [0.2, 0.25) is 0 Å². The summed E-state index contributed by atoms with van der Waals surface area (Å²) < 4.78 is 33.2. The summed E-state index contributed by atoms with van der Waals surface area (Å²) in [6, 6.07) is 8.90. The molecule has 0 amide bonds. The molecule has 7 heteroatoms. The van der Waals surface area contributed by atoms with Crippen LogP contribution in [0.25, 0.3) is 5.57 Å². The summed E-state index contributed by atoms with van der Waals surface area (Å²) in [4.78, 5) is 0. The van der Waals surface area contributed by atoms with Crippen LogP contribution in [0.5, 0.6) is 23.0 Å². The molecule has 0 bridgehead atoms. The zero-order valence-electron chi connectivity index (χ0n) is 15.5. The first-order valence-electron chi connectivity index (χ1n) is 8.69. The van der Waals surface area contributed by atoms with Gasteiger partial charge in [0.2, 0.25) is 0 Å². The third-order valence-corrected chi connectivity index (χ3v) is 5.39. The average Bonchev–Trinajstić information content (AvgIpc) is 2.79. The molecule has 0 spiro atoms. The molecule has 2 aromatic carbocycles. The van der Waals surface area contributed by atoms with E-state index in [-0.39, 0.29) is 28.6 Å². The van der Waals surface area contributed by atoms with Gasteiger partial charge in [0.25, 0.3) is 0 Å². The van der Waals surface area contributed by atoms with Crippen molar-refractivity contribution < 1.29 is 28.6 Å². The molecule has 2 aromatic rings. The Labute approximate surface area is 157 Å². The predicted molar refractivity (Wildman–Crippen MR) is 99.5 cm³/mol. The Hall–Kier alpha value is -2.51. The van der Waals surface area contributed by atoms with E-state index in [0.717, 1.165) is 0 Å². The van der Waals surface area contributed by atoms with Crippen molar-refractivity contribution in [3.8, 4) is 23.0 Å². The first-order chi connectivity index (χ1) is 12.6. The second-order valence-electron chi connectivity index (χ2n) is 7.77. The van der Waals surface area contributed by atoms with Crippen LogP contribution in [0.1, 0.15) is 38.8 Å². The molecule has 0 atom stereocenters.